The van der Waals surface area contributed by atoms with Gasteiger partial charge in [-0.3, -0.25) is 19.8 Å². The normalized spacial score (nSPS) is 11.0. The van der Waals surface area contributed by atoms with Gasteiger partial charge in [-0.2, -0.15) is 4.98 Å². The molecule has 0 saturated carbocycles. The Bertz CT molecular complexity index is 664. The van der Waals surface area contributed by atoms with E-state index < -0.39 is 11.2 Å². The first-order chi connectivity index (χ1) is 8.13. The van der Waals surface area contributed by atoms with Crippen molar-refractivity contribution >= 4 is 17.1 Å². The topological polar surface area (TPSA) is 111 Å². The summed E-state index contributed by atoms with van der Waals surface area (Å²) in [6, 6.07) is 0. The van der Waals surface area contributed by atoms with Gasteiger partial charge < -0.3 is 4.57 Å². The summed E-state index contributed by atoms with van der Waals surface area (Å²) in [6.45, 7) is 4.63. The van der Waals surface area contributed by atoms with E-state index in [9.17, 15) is 9.59 Å². The van der Waals surface area contributed by atoms with Crippen molar-refractivity contribution in [3.63, 3.8) is 0 Å². The van der Waals surface area contributed by atoms with Crippen molar-refractivity contribution in [3.8, 4) is 0 Å². The third-order valence-corrected chi connectivity index (χ3v) is 2.65. The van der Waals surface area contributed by atoms with Crippen LogP contribution in [0.15, 0.2) is 9.59 Å². The number of anilines is 1. The van der Waals surface area contributed by atoms with Gasteiger partial charge in [0.05, 0.1) is 0 Å². The highest BCUT2D eigenvalue weighted by Gasteiger charge is 2.16. The second-order valence-electron chi connectivity index (χ2n) is 3.50. The molecule has 0 aromatic carbocycles. The number of nitrogens with two attached hydrogens (primary N) is 1. The van der Waals surface area contributed by atoms with E-state index in [1.54, 1.807) is 11.5 Å². The minimum Gasteiger partial charge on any atom is -0.304 e. The number of aromatic nitrogens is 4. The molecule has 4 N–H and O–H groups in total. The van der Waals surface area contributed by atoms with Crippen molar-refractivity contribution in [2.24, 2.45) is 5.84 Å². The van der Waals surface area contributed by atoms with Gasteiger partial charge in [-0.1, -0.05) is 0 Å². The Hall–Kier alpha value is -2.09. The largest absolute Gasteiger partial charge is 0.330 e. The third-order valence-electron chi connectivity index (χ3n) is 2.65. The van der Waals surface area contributed by atoms with Gasteiger partial charge in [0.15, 0.2) is 11.2 Å². The summed E-state index contributed by atoms with van der Waals surface area (Å²) in [5.41, 5.74) is 2.19. The van der Waals surface area contributed by atoms with Crippen LogP contribution in [0.2, 0.25) is 0 Å². The SMILES string of the molecule is CCn1c(NN)nc2c1c(=O)[nH]c(=O)n2CC. The molecule has 0 amide bonds. The number of nitrogens with zero attached hydrogens (tertiary/aromatic N) is 3. The number of aromatic amines is 1. The standard InChI is InChI=1S/C9H14N6O2/c1-3-14-5-6(11-8(14)13-10)15(4-2)9(17)12-7(5)16/h3-4,10H2,1-2H3,(H,11,13)(H,12,16,17). The number of nitrogen functional groups attached to an aromatic ring is 1. The Kier molecular flexibility index (Phi) is 2.72. The molecule has 0 saturated heterocycles. The fourth-order valence-electron chi connectivity index (χ4n) is 1.88. The van der Waals surface area contributed by atoms with E-state index in [1.807, 2.05) is 6.92 Å². The van der Waals surface area contributed by atoms with Crippen LogP contribution in [0.1, 0.15) is 13.8 Å². The van der Waals surface area contributed by atoms with E-state index in [0.29, 0.717) is 30.2 Å². The fourth-order valence-corrected chi connectivity index (χ4v) is 1.88. The second kappa shape index (κ2) is 4.06. The van der Waals surface area contributed by atoms with E-state index in [0.717, 1.165) is 0 Å². The van der Waals surface area contributed by atoms with Gasteiger partial charge in [0.1, 0.15) is 0 Å². The van der Waals surface area contributed by atoms with Crippen molar-refractivity contribution in [3.05, 3.63) is 20.8 Å². The smallest absolute Gasteiger partial charge is 0.304 e. The van der Waals surface area contributed by atoms with Crippen LogP contribution in [0.4, 0.5) is 5.95 Å². The number of hydrogen-bond acceptors (Lipinski definition) is 5. The minimum absolute atomic E-state index is 0.344. The first-order valence-electron chi connectivity index (χ1n) is 5.34. The van der Waals surface area contributed by atoms with Crippen LogP contribution in [-0.4, -0.2) is 19.1 Å². The molecule has 2 aromatic heterocycles. The maximum absolute atomic E-state index is 11.8. The van der Waals surface area contributed by atoms with Crippen LogP contribution in [-0.2, 0) is 13.1 Å². The number of aryl methyl sites for hydroxylation is 2. The number of hydrogen-bond donors (Lipinski definition) is 3. The van der Waals surface area contributed by atoms with Gasteiger partial charge >= 0.3 is 5.69 Å². The molecular weight excluding hydrogens is 224 g/mol. The Morgan fingerprint density at radius 2 is 1.94 bits per heavy atom. The summed E-state index contributed by atoms with van der Waals surface area (Å²) >= 11 is 0. The highest BCUT2D eigenvalue weighted by atomic mass is 16.2. The molecule has 0 atom stereocenters. The zero-order chi connectivity index (χ0) is 12.6. The van der Waals surface area contributed by atoms with Crippen molar-refractivity contribution in [2.75, 3.05) is 5.43 Å². The molecule has 92 valence electrons. The Morgan fingerprint density at radius 3 is 2.47 bits per heavy atom. The number of rotatable bonds is 3. The monoisotopic (exact) mass is 238 g/mol. The lowest BCUT2D eigenvalue weighted by Gasteiger charge is -2.04. The van der Waals surface area contributed by atoms with Crippen molar-refractivity contribution in [2.45, 2.75) is 26.9 Å². The molecule has 2 rings (SSSR count). The number of fused-ring (bicyclic) bond motifs is 1. The first kappa shape index (κ1) is 11.4. The quantitative estimate of drug-likeness (QED) is 0.479. The average Bonchev–Trinajstić information content (AvgIpc) is 2.68. The zero-order valence-electron chi connectivity index (χ0n) is 9.65. The fraction of sp³-hybridized carbons (Fsp3) is 0.444. The number of hydrazine groups is 1. The molecule has 0 fully saturated rings. The van der Waals surface area contributed by atoms with E-state index in [1.165, 1.54) is 4.57 Å². The van der Waals surface area contributed by atoms with Crippen LogP contribution in [0.5, 0.6) is 0 Å². The Morgan fingerprint density at radius 1 is 1.29 bits per heavy atom. The van der Waals surface area contributed by atoms with Crippen molar-refractivity contribution in [1.29, 1.82) is 0 Å². The van der Waals surface area contributed by atoms with Gasteiger partial charge in [0.2, 0.25) is 5.95 Å². The third kappa shape index (κ3) is 1.53. The summed E-state index contributed by atoms with van der Waals surface area (Å²) in [6.07, 6.45) is 0. The minimum atomic E-state index is -0.464. The van der Waals surface area contributed by atoms with Crippen LogP contribution in [0.25, 0.3) is 11.2 Å². The lowest BCUT2D eigenvalue weighted by molar-refractivity contribution is 0.716. The summed E-state index contributed by atoms with van der Waals surface area (Å²) in [4.78, 5) is 29.8. The number of H-pyrrole nitrogens is 1. The molecule has 2 aromatic rings. The van der Waals surface area contributed by atoms with Gasteiger partial charge in [-0.15, -0.1) is 0 Å². The molecule has 0 aliphatic rings. The van der Waals surface area contributed by atoms with Crippen LogP contribution < -0.4 is 22.5 Å². The van der Waals surface area contributed by atoms with Gasteiger partial charge in [-0.25, -0.2) is 10.6 Å². The highest BCUT2D eigenvalue weighted by Crippen LogP contribution is 2.13. The summed E-state index contributed by atoms with van der Waals surface area (Å²) in [5.74, 6) is 5.70. The Labute approximate surface area is 96.0 Å². The van der Waals surface area contributed by atoms with Gasteiger partial charge in [0.25, 0.3) is 5.56 Å². The van der Waals surface area contributed by atoms with E-state index in [4.69, 9.17) is 5.84 Å². The zero-order valence-corrected chi connectivity index (χ0v) is 9.65. The molecule has 2 heterocycles. The van der Waals surface area contributed by atoms with E-state index in [2.05, 4.69) is 15.4 Å². The van der Waals surface area contributed by atoms with Crippen LogP contribution in [0.3, 0.4) is 0 Å². The summed E-state index contributed by atoms with van der Waals surface area (Å²) < 4.78 is 3.02. The van der Waals surface area contributed by atoms with E-state index in [-0.39, 0.29) is 0 Å². The van der Waals surface area contributed by atoms with Crippen molar-refractivity contribution in [1.82, 2.24) is 19.1 Å². The molecule has 17 heavy (non-hydrogen) atoms. The van der Waals surface area contributed by atoms with Crippen LogP contribution >= 0.6 is 0 Å². The molecule has 0 aliphatic carbocycles. The van der Waals surface area contributed by atoms with Crippen LogP contribution in [0, 0.1) is 0 Å². The molecule has 0 bridgehead atoms. The average molecular weight is 238 g/mol. The van der Waals surface area contributed by atoms with Gasteiger partial charge in [-0.05, 0) is 13.8 Å². The summed E-state index contributed by atoms with van der Waals surface area (Å²) in [5, 5.41) is 0. The molecular formula is C9H14N6O2. The molecule has 0 aliphatic heterocycles. The second-order valence-corrected chi connectivity index (χ2v) is 3.50. The maximum atomic E-state index is 11.8. The maximum Gasteiger partial charge on any atom is 0.330 e. The number of imidazole rings is 1. The lowest BCUT2D eigenvalue weighted by Crippen LogP contribution is -2.30. The molecule has 8 nitrogen and oxygen atoms in total. The van der Waals surface area contributed by atoms with Gasteiger partial charge in [0, 0.05) is 13.1 Å². The molecule has 0 spiro atoms. The lowest BCUT2D eigenvalue weighted by atomic mass is 10.5. The van der Waals surface area contributed by atoms with Crippen molar-refractivity contribution < 1.29 is 0 Å². The van der Waals surface area contributed by atoms with E-state index >= 15 is 0 Å². The Balaban J connectivity index is 3.00. The molecule has 0 radical (unpaired) electrons. The highest BCUT2D eigenvalue weighted by molar-refractivity contribution is 5.74. The molecule has 8 heteroatoms. The predicted octanol–water partition coefficient (Wildman–Crippen LogP) is -0.788. The molecule has 0 unspecified atom stereocenters. The first-order valence-corrected chi connectivity index (χ1v) is 5.34. The summed E-state index contributed by atoms with van der Waals surface area (Å²) in [7, 11) is 0. The predicted molar refractivity (Wildman–Crippen MR) is 63.8 cm³/mol. The number of nitrogens with one attached hydrogen (secondary N) is 2.